The number of nitrogens with one attached hydrogen (secondary N) is 1. The van der Waals surface area contributed by atoms with Crippen LogP contribution in [0.3, 0.4) is 0 Å². The number of carbonyl (C=O) groups is 1. The van der Waals surface area contributed by atoms with E-state index in [0.717, 1.165) is 29.5 Å². The average molecular weight is 271 g/mol. The van der Waals surface area contributed by atoms with E-state index < -0.39 is 0 Å². The summed E-state index contributed by atoms with van der Waals surface area (Å²) in [5.74, 6) is -0.0269. The maximum absolute atomic E-state index is 11.5. The molecule has 1 amide bonds. The van der Waals surface area contributed by atoms with E-state index in [9.17, 15) is 4.79 Å². The Balaban J connectivity index is 2.17. The van der Waals surface area contributed by atoms with Gasteiger partial charge in [0.1, 0.15) is 0 Å². The molecule has 1 N–H and O–H groups in total. The van der Waals surface area contributed by atoms with Gasteiger partial charge in [-0.3, -0.25) is 4.79 Å². The van der Waals surface area contributed by atoms with Crippen LogP contribution in [-0.4, -0.2) is 16.7 Å². The van der Waals surface area contributed by atoms with E-state index in [1.807, 2.05) is 19.2 Å². The molecule has 106 valence electrons. The first-order valence-corrected chi connectivity index (χ1v) is 7.01. The molecule has 0 aliphatic carbocycles. The SMILES string of the molecule is CCCCC(=O)N/N=C/c1c(C)n(C)c2ccccc12. The van der Waals surface area contributed by atoms with Crippen molar-refractivity contribution in [2.24, 2.45) is 12.1 Å². The van der Waals surface area contributed by atoms with E-state index in [0.29, 0.717) is 6.42 Å². The van der Waals surface area contributed by atoms with Crippen LogP contribution in [0, 0.1) is 6.92 Å². The summed E-state index contributed by atoms with van der Waals surface area (Å²) in [7, 11) is 2.04. The topological polar surface area (TPSA) is 46.4 Å². The van der Waals surface area contributed by atoms with Crippen LogP contribution in [0.2, 0.25) is 0 Å². The number of nitrogens with zero attached hydrogens (tertiary/aromatic N) is 2. The Kier molecular flexibility index (Phi) is 4.56. The van der Waals surface area contributed by atoms with Gasteiger partial charge in [0.2, 0.25) is 5.91 Å². The zero-order valence-corrected chi connectivity index (χ0v) is 12.3. The smallest absolute Gasteiger partial charge is 0.240 e. The van der Waals surface area contributed by atoms with Crippen molar-refractivity contribution in [3.8, 4) is 0 Å². The van der Waals surface area contributed by atoms with Gasteiger partial charge in [-0.2, -0.15) is 5.10 Å². The second-order valence-electron chi connectivity index (χ2n) is 4.97. The number of amides is 1. The third-order valence-corrected chi connectivity index (χ3v) is 3.59. The minimum atomic E-state index is -0.0269. The Morgan fingerprint density at radius 2 is 2.15 bits per heavy atom. The normalized spacial score (nSPS) is 11.3. The molecule has 0 aliphatic rings. The molecule has 0 aliphatic heterocycles. The summed E-state index contributed by atoms with van der Waals surface area (Å²) in [6, 6.07) is 8.19. The summed E-state index contributed by atoms with van der Waals surface area (Å²) < 4.78 is 2.13. The summed E-state index contributed by atoms with van der Waals surface area (Å²) in [5.41, 5.74) is 5.95. The predicted molar refractivity (Wildman–Crippen MR) is 82.9 cm³/mol. The predicted octanol–water partition coefficient (Wildman–Crippen LogP) is 3.13. The Hall–Kier alpha value is -2.10. The number of hydrazone groups is 1. The van der Waals surface area contributed by atoms with Crippen molar-refractivity contribution in [2.75, 3.05) is 0 Å². The molecule has 0 spiro atoms. The van der Waals surface area contributed by atoms with Crippen LogP contribution in [-0.2, 0) is 11.8 Å². The monoisotopic (exact) mass is 271 g/mol. The molecule has 0 atom stereocenters. The Bertz CT molecular complexity index is 640. The lowest BCUT2D eigenvalue weighted by Gasteiger charge is -1.99. The molecule has 1 heterocycles. The Labute approximate surface area is 119 Å². The molecular weight excluding hydrogens is 250 g/mol. The first-order valence-electron chi connectivity index (χ1n) is 7.01. The Morgan fingerprint density at radius 3 is 2.90 bits per heavy atom. The first-order chi connectivity index (χ1) is 9.65. The average Bonchev–Trinajstić information content (AvgIpc) is 2.70. The summed E-state index contributed by atoms with van der Waals surface area (Å²) >= 11 is 0. The summed E-state index contributed by atoms with van der Waals surface area (Å²) in [6.45, 7) is 4.12. The largest absolute Gasteiger partial charge is 0.347 e. The van der Waals surface area contributed by atoms with E-state index in [2.05, 4.69) is 41.1 Å². The van der Waals surface area contributed by atoms with Crippen LogP contribution in [0.25, 0.3) is 10.9 Å². The molecule has 0 saturated carbocycles. The van der Waals surface area contributed by atoms with Crippen molar-refractivity contribution in [2.45, 2.75) is 33.1 Å². The molecule has 1 aromatic carbocycles. The third kappa shape index (κ3) is 2.90. The van der Waals surface area contributed by atoms with Crippen LogP contribution in [0.1, 0.15) is 37.4 Å². The van der Waals surface area contributed by atoms with Crippen LogP contribution < -0.4 is 5.43 Å². The summed E-state index contributed by atoms with van der Waals surface area (Å²) in [5, 5.41) is 5.23. The first kappa shape index (κ1) is 14.3. The number of hydrogen-bond donors (Lipinski definition) is 1. The van der Waals surface area contributed by atoms with Crippen LogP contribution in [0.15, 0.2) is 29.4 Å². The van der Waals surface area contributed by atoms with Crippen molar-refractivity contribution >= 4 is 23.0 Å². The molecule has 1 aromatic heterocycles. The van der Waals surface area contributed by atoms with E-state index in [1.54, 1.807) is 6.21 Å². The number of unbranched alkanes of at least 4 members (excludes halogenated alkanes) is 1. The fourth-order valence-corrected chi connectivity index (χ4v) is 2.28. The van der Waals surface area contributed by atoms with Crippen LogP contribution in [0.4, 0.5) is 0 Å². The minimum absolute atomic E-state index is 0.0269. The number of fused-ring (bicyclic) bond motifs is 1. The molecule has 2 rings (SSSR count). The molecule has 0 bridgehead atoms. The number of rotatable bonds is 5. The number of hydrogen-bond acceptors (Lipinski definition) is 2. The quantitative estimate of drug-likeness (QED) is 0.659. The van der Waals surface area contributed by atoms with E-state index in [4.69, 9.17) is 0 Å². The second-order valence-corrected chi connectivity index (χ2v) is 4.97. The van der Waals surface area contributed by atoms with Gasteiger partial charge in [-0.1, -0.05) is 31.5 Å². The van der Waals surface area contributed by atoms with Crippen molar-refractivity contribution in [3.05, 3.63) is 35.5 Å². The molecule has 0 unspecified atom stereocenters. The molecule has 2 aromatic rings. The zero-order chi connectivity index (χ0) is 14.5. The number of benzene rings is 1. The van der Waals surface area contributed by atoms with Gasteiger partial charge in [0.05, 0.1) is 6.21 Å². The van der Waals surface area contributed by atoms with E-state index in [1.165, 1.54) is 5.52 Å². The van der Waals surface area contributed by atoms with Gasteiger partial charge < -0.3 is 4.57 Å². The fourth-order valence-electron chi connectivity index (χ4n) is 2.28. The van der Waals surface area contributed by atoms with Gasteiger partial charge in [-0.05, 0) is 19.4 Å². The van der Waals surface area contributed by atoms with Gasteiger partial charge in [0, 0.05) is 35.6 Å². The number of aryl methyl sites for hydroxylation is 1. The maximum Gasteiger partial charge on any atom is 0.240 e. The van der Waals surface area contributed by atoms with Crippen molar-refractivity contribution < 1.29 is 4.79 Å². The highest BCUT2D eigenvalue weighted by Gasteiger charge is 2.09. The fraction of sp³-hybridized carbons (Fsp3) is 0.375. The molecule has 20 heavy (non-hydrogen) atoms. The van der Waals surface area contributed by atoms with Crippen molar-refractivity contribution in [1.29, 1.82) is 0 Å². The van der Waals surface area contributed by atoms with Gasteiger partial charge in [0.25, 0.3) is 0 Å². The number of para-hydroxylation sites is 1. The molecule has 4 nitrogen and oxygen atoms in total. The standard InChI is InChI=1S/C16H21N3O/c1-4-5-10-16(20)18-17-11-14-12(2)19(3)15-9-7-6-8-13(14)15/h6-9,11H,4-5,10H2,1-3H3,(H,18,20)/b17-11+. The summed E-state index contributed by atoms with van der Waals surface area (Å²) in [6.07, 6.45) is 4.18. The lowest BCUT2D eigenvalue weighted by molar-refractivity contribution is -0.121. The second kappa shape index (κ2) is 6.37. The van der Waals surface area contributed by atoms with E-state index >= 15 is 0 Å². The van der Waals surface area contributed by atoms with Crippen molar-refractivity contribution in [1.82, 2.24) is 9.99 Å². The van der Waals surface area contributed by atoms with Crippen molar-refractivity contribution in [3.63, 3.8) is 0 Å². The molecule has 0 fully saturated rings. The third-order valence-electron chi connectivity index (χ3n) is 3.59. The van der Waals surface area contributed by atoms with Gasteiger partial charge in [-0.15, -0.1) is 0 Å². The molecule has 0 radical (unpaired) electrons. The number of aromatic nitrogens is 1. The number of carbonyl (C=O) groups excluding carboxylic acids is 1. The van der Waals surface area contributed by atoms with E-state index in [-0.39, 0.29) is 5.91 Å². The van der Waals surface area contributed by atoms with Crippen LogP contribution >= 0.6 is 0 Å². The molecular formula is C16H21N3O. The molecule has 4 heteroatoms. The minimum Gasteiger partial charge on any atom is -0.347 e. The molecule has 0 saturated heterocycles. The highest BCUT2D eigenvalue weighted by molar-refractivity contribution is 6.01. The maximum atomic E-state index is 11.5. The summed E-state index contributed by atoms with van der Waals surface area (Å²) in [4.78, 5) is 11.5. The highest BCUT2D eigenvalue weighted by atomic mass is 16.2. The highest BCUT2D eigenvalue weighted by Crippen LogP contribution is 2.22. The zero-order valence-electron chi connectivity index (χ0n) is 12.3. The van der Waals surface area contributed by atoms with Gasteiger partial charge in [-0.25, -0.2) is 5.43 Å². The van der Waals surface area contributed by atoms with Crippen LogP contribution in [0.5, 0.6) is 0 Å². The van der Waals surface area contributed by atoms with Gasteiger partial charge >= 0.3 is 0 Å². The van der Waals surface area contributed by atoms with Gasteiger partial charge in [0.15, 0.2) is 0 Å². The lowest BCUT2D eigenvalue weighted by Crippen LogP contribution is -2.16. The Morgan fingerprint density at radius 1 is 1.40 bits per heavy atom. The lowest BCUT2D eigenvalue weighted by atomic mass is 10.1.